The van der Waals surface area contributed by atoms with Crippen LogP contribution >= 0.6 is 0 Å². The molecule has 0 saturated heterocycles. The van der Waals surface area contributed by atoms with Gasteiger partial charge in [0.1, 0.15) is 11.4 Å². The van der Waals surface area contributed by atoms with Crippen molar-refractivity contribution in [3.63, 3.8) is 0 Å². The molecule has 0 bridgehead atoms. The lowest BCUT2D eigenvalue weighted by Crippen LogP contribution is -2.11. The van der Waals surface area contributed by atoms with E-state index in [4.69, 9.17) is 4.74 Å². The van der Waals surface area contributed by atoms with Gasteiger partial charge in [-0.25, -0.2) is 4.79 Å². The van der Waals surface area contributed by atoms with Gasteiger partial charge in [-0.3, -0.25) is 4.98 Å². The molecule has 2 aromatic heterocycles. The largest absolute Gasteiger partial charge is 0.496 e. The highest BCUT2D eigenvalue weighted by Gasteiger charge is 2.21. The summed E-state index contributed by atoms with van der Waals surface area (Å²) in [5.74, 6) is -0.0204. The Hall–Kier alpha value is -2.82. The van der Waals surface area contributed by atoms with Crippen molar-refractivity contribution in [1.82, 2.24) is 9.55 Å². The molecular weight excluding hydrogens is 304 g/mol. The number of methoxy groups -OCH3 is 1. The van der Waals surface area contributed by atoms with Gasteiger partial charge in [0.25, 0.3) is 0 Å². The first-order chi connectivity index (χ1) is 11.5. The number of benzene rings is 1. The van der Waals surface area contributed by atoms with E-state index < -0.39 is 5.97 Å². The Bertz CT molecular complexity index is 883. The summed E-state index contributed by atoms with van der Waals surface area (Å²) in [5.41, 5.74) is 3.04. The molecule has 0 saturated carbocycles. The summed E-state index contributed by atoms with van der Waals surface area (Å²) < 4.78 is 7.26. The summed E-state index contributed by atoms with van der Waals surface area (Å²) in [6.45, 7) is 4.60. The molecule has 0 unspecified atom stereocenters. The minimum atomic E-state index is -0.959. The third kappa shape index (κ3) is 2.73. The first-order valence-electron chi connectivity index (χ1n) is 7.86. The molecule has 0 aliphatic carbocycles. The predicted molar refractivity (Wildman–Crippen MR) is 92.9 cm³/mol. The summed E-state index contributed by atoms with van der Waals surface area (Å²) in [6, 6.07) is 11.2. The van der Waals surface area contributed by atoms with Crippen molar-refractivity contribution in [2.24, 2.45) is 0 Å². The predicted octanol–water partition coefficient (Wildman–Crippen LogP) is 3.91. The molecule has 2 heterocycles. The molecule has 1 aromatic carbocycles. The molecule has 0 spiro atoms. The fourth-order valence-electron chi connectivity index (χ4n) is 3.02. The zero-order valence-electron chi connectivity index (χ0n) is 14.0. The van der Waals surface area contributed by atoms with E-state index in [1.165, 1.54) is 0 Å². The van der Waals surface area contributed by atoms with Crippen LogP contribution in [0.1, 0.15) is 41.5 Å². The van der Waals surface area contributed by atoms with Crippen LogP contribution < -0.4 is 4.74 Å². The highest BCUT2D eigenvalue weighted by Crippen LogP contribution is 2.35. The molecule has 1 N–H and O–H groups in total. The van der Waals surface area contributed by atoms with Crippen molar-refractivity contribution in [1.29, 1.82) is 0 Å². The number of carboxylic acid groups (broad SMARTS) is 1. The van der Waals surface area contributed by atoms with Crippen LogP contribution in [0, 0.1) is 0 Å². The van der Waals surface area contributed by atoms with E-state index in [-0.39, 0.29) is 11.6 Å². The van der Waals surface area contributed by atoms with Crippen LogP contribution in [-0.2, 0) is 6.54 Å². The Balaban J connectivity index is 2.31. The first kappa shape index (κ1) is 16.1. The van der Waals surface area contributed by atoms with Gasteiger partial charge >= 0.3 is 5.97 Å². The van der Waals surface area contributed by atoms with E-state index in [1.54, 1.807) is 19.4 Å². The minimum Gasteiger partial charge on any atom is -0.496 e. The molecule has 0 aliphatic rings. The monoisotopic (exact) mass is 324 g/mol. The Morgan fingerprint density at radius 2 is 2.08 bits per heavy atom. The zero-order chi connectivity index (χ0) is 17.3. The highest BCUT2D eigenvalue weighted by atomic mass is 16.5. The third-order valence-corrected chi connectivity index (χ3v) is 4.16. The Kier molecular flexibility index (Phi) is 4.25. The molecule has 3 rings (SSSR count). The minimum absolute atomic E-state index is 0.238. The molecular formula is C19H20N2O3. The second-order valence-electron chi connectivity index (χ2n) is 6.02. The standard InChI is InChI=1S/C19H20N2O3/c1-12(2)14-7-8-17(24-3)15-10-16(19(22)23)21(18(14)15)11-13-6-4-5-9-20-13/h4-10,12H,11H2,1-3H3,(H,22,23). The number of aromatic nitrogens is 2. The number of carboxylic acids is 1. The molecule has 124 valence electrons. The highest BCUT2D eigenvalue weighted by molar-refractivity contribution is 5.98. The van der Waals surface area contributed by atoms with Gasteiger partial charge < -0.3 is 14.4 Å². The first-order valence-corrected chi connectivity index (χ1v) is 7.86. The number of fused-ring (bicyclic) bond motifs is 1. The van der Waals surface area contributed by atoms with Crippen molar-refractivity contribution in [2.45, 2.75) is 26.3 Å². The summed E-state index contributed by atoms with van der Waals surface area (Å²) >= 11 is 0. The summed E-state index contributed by atoms with van der Waals surface area (Å²) in [6.07, 6.45) is 1.71. The van der Waals surface area contributed by atoms with E-state index >= 15 is 0 Å². The van der Waals surface area contributed by atoms with Crippen LogP contribution in [-0.4, -0.2) is 27.7 Å². The maximum absolute atomic E-state index is 11.8. The summed E-state index contributed by atoms with van der Waals surface area (Å²) in [4.78, 5) is 16.1. The Morgan fingerprint density at radius 1 is 1.29 bits per heavy atom. The van der Waals surface area contributed by atoms with Crippen LogP contribution in [0.5, 0.6) is 5.75 Å². The van der Waals surface area contributed by atoms with Crippen LogP contribution in [0.15, 0.2) is 42.6 Å². The summed E-state index contributed by atoms with van der Waals surface area (Å²) in [7, 11) is 1.60. The lowest BCUT2D eigenvalue weighted by atomic mass is 10.00. The van der Waals surface area contributed by atoms with E-state index in [1.807, 2.05) is 34.9 Å². The average Bonchev–Trinajstić information content (AvgIpc) is 2.94. The number of nitrogens with zero attached hydrogens (tertiary/aromatic N) is 2. The lowest BCUT2D eigenvalue weighted by molar-refractivity contribution is 0.0686. The van der Waals surface area contributed by atoms with Crippen LogP contribution in [0.25, 0.3) is 10.9 Å². The number of aromatic carboxylic acids is 1. The van der Waals surface area contributed by atoms with E-state index in [2.05, 4.69) is 18.8 Å². The second-order valence-corrected chi connectivity index (χ2v) is 6.02. The van der Waals surface area contributed by atoms with Crippen molar-refractivity contribution in [3.05, 3.63) is 59.5 Å². The van der Waals surface area contributed by atoms with Crippen LogP contribution in [0.4, 0.5) is 0 Å². The lowest BCUT2D eigenvalue weighted by Gasteiger charge is -2.15. The van der Waals surface area contributed by atoms with Gasteiger partial charge in [0, 0.05) is 11.6 Å². The number of rotatable bonds is 5. The Labute approximate surface area is 140 Å². The number of pyridine rings is 1. The maximum atomic E-state index is 11.8. The molecule has 0 radical (unpaired) electrons. The topological polar surface area (TPSA) is 64.3 Å². The van der Waals surface area contributed by atoms with Crippen molar-refractivity contribution in [3.8, 4) is 5.75 Å². The van der Waals surface area contributed by atoms with Gasteiger partial charge in [-0.2, -0.15) is 0 Å². The number of hydrogen-bond donors (Lipinski definition) is 1. The molecule has 0 fully saturated rings. The third-order valence-electron chi connectivity index (χ3n) is 4.16. The van der Waals surface area contributed by atoms with Gasteiger partial charge in [0.15, 0.2) is 0 Å². The molecule has 0 aliphatic heterocycles. The maximum Gasteiger partial charge on any atom is 0.352 e. The molecule has 5 nitrogen and oxygen atoms in total. The number of hydrogen-bond acceptors (Lipinski definition) is 3. The van der Waals surface area contributed by atoms with Crippen LogP contribution in [0.2, 0.25) is 0 Å². The normalized spacial score (nSPS) is 11.2. The van der Waals surface area contributed by atoms with Gasteiger partial charge in [-0.05, 0) is 35.7 Å². The molecule has 3 aromatic rings. The summed E-state index contributed by atoms with van der Waals surface area (Å²) in [5, 5.41) is 10.5. The van der Waals surface area contributed by atoms with E-state index in [9.17, 15) is 9.90 Å². The fraction of sp³-hybridized carbons (Fsp3) is 0.263. The average molecular weight is 324 g/mol. The smallest absolute Gasteiger partial charge is 0.352 e. The van der Waals surface area contributed by atoms with Gasteiger partial charge in [0.2, 0.25) is 0 Å². The molecule has 5 heteroatoms. The van der Waals surface area contributed by atoms with Gasteiger partial charge in [-0.15, -0.1) is 0 Å². The van der Waals surface area contributed by atoms with Gasteiger partial charge in [0.05, 0.1) is 24.9 Å². The quantitative estimate of drug-likeness (QED) is 0.772. The van der Waals surface area contributed by atoms with E-state index in [0.29, 0.717) is 12.3 Å². The van der Waals surface area contributed by atoms with Crippen molar-refractivity contribution >= 4 is 16.9 Å². The van der Waals surface area contributed by atoms with Crippen molar-refractivity contribution < 1.29 is 14.6 Å². The SMILES string of the molecule is COc1ccc(C(C)C)c2c1cc(C(=O)O)n2Cc1ccccn1. The zero-order valence-corrected chi connectivity index (χ0v) is 14.0. The van der Waals surface area contributed by atoms with Crippen molar-refractivity contribution in [2.75, 3.05) is 7.11 Å². The Morgan fingerprint density at radius 3 is 2.67 bits per heavy atom. The fourth-order valence-corrected chi connectivity index (χ4v) is 3.02. The van der Waals surface area contributed by atoms with Crippen LogP contribution in [0.3, 0.4) is 0 Å². The second kappa shape index (κ2) is 6.35. The molecule has 0 atom stereocenters. The van der Waals surface area contributed by atoms with E-state index in [0.717, 1.165) is 22.2 Å². The molecule has 0 amide bonds. The number of ether oxygens (including phenoxy) is 1. The number of carbonyl (C=O) groups is 1. The van der Waals surface area contributed by atoms with Gasteiger partial charge in [-0.1, -0.05) is 26.0 Å². The molecule has 24 heavy (non-hydrogen) atoms.